The van der Waals surface area contributed by atoms with Gasteiger partial charge in [-0.15, -0.1) is 0 Å². The Balaban J connectivity index is 2.21. The van der Waals surface area contributed by atoms with Crippen LogP contribution in [0.5, 0.6) is 0 Å². The first-order valence-corrected chi connectivity index (χ1v) is 4.87. The first-order valence-electron chi connectivity index (χ1n) is 4.87. The zero-order valence-corrected chi connectivity index (χ0v) is 8.32. The minimum Gasteiger partial charge on any atom is -0.480 e. The first-order chi connectivity index (χ1) is 6.65. The molecular weight excluding hydrogens is 184 g/mol. The number of carbonyl (C=O) groups excluding carboxylic acids is 1. The molecule has 1 amide bonds. The number of rotatable bonds is 6. The molecule has 5 nitrogen and oxygen atoms in total. The third kappa shape index (κ3) is 3.33. The van der Waals surface area contributed by atoms with Crippen LogP contribution < -0.4 is 5.32 Å². The van der Waals surface area contributed by atoms with Crippen molar-refractivity contribution in [2.24, 2.45) is 0 Å². The molecular formula is C9H16N2O3. The zero-order valence-electron chi connectivity index (χ0n) is 8.32. The van der Waals surface area contributed by atoms with E-state index in [1.54, 1.807) is 4.90 Å². The van der Waals surface area contributed by atoms with E-state index in [-0.39, 0.29) is 19.0 Å². The summed E-state index contributed by atoms with van der Waals surface area (Å²) in [5.74, 6) is -0.941. The van der Waals surface area contributed by atoms with Crippen molar-refractivity contribution in [2.45, 2.75) is 25.8 Å². The van der Waals surface area contributed by atoms with Crippen molar-refractivity contribution in [3.63, 3.8) is 0 Å². The molecule has 0 aromatic heterocycles. The fourth-order valence-corrected chi connectivity index (χ4v) is 1.40. The van der Waals surface area contributed by atoms with Gasteiger partial charge in [-0.05, 0) is 19.8 Å². The average molecular weight is 200 g/mol. The van der Waals surface area contributed by atoms with Crippen molar-refractivity contribution in [2.75, 3.05) is 19.6 Å². The summed E-state index contributed by atoms with van der Waals surface area (Å²) in [5.41, 5.74) is 0. The molecule has 5 heteroatoms. The average Bonchev–Trinajstić information content (AvgIpc) is 2.89. The van der Waals surface area contributed by atoms with Crippen LogP contribution in [-0.2, 0) is 9.59 Å². The van der Waals surface area contributed by atoms with Crippen LogP contribution in [0.3, 0.4) is 0 Å². The topological polar surface area (TPSA) is 69.6 Å². The van der Waals surface area contributed by atoms with Crippen LogP contribution in [0.1, 0.15) is 19.8 Å². The Bertz CT molecular complexity index is 226. The maximum Gasteiger partial charge on any atom is 0.317 e. The SMILES string of the molecule is CCN(C(=O)CNCC(=O)O)C1CC1. The molecule has 2 N–H and O–H groups in total. The summed E-state index contributed by atoms with van der Waals surface area (Å²) in [7, 11) is 0. The van der Waals surface area contributed by atoms with Crippen molar-refractivity contribution in [1.29, 1.82) is 0 Å². The van der Waals surface area contributed by atoms with Gasteiger partial charge in [-0.3, -0.25) is 14.9 Å². The molecule has 1 aliphatic rings. The number of hydrogen-bond donors (Lipinski definition) is 2. The van der Waals surface area contributed by atoms with Gasteiger partial charge in [0.15, 0.2) is 0 Å². The summed E-state index contributed by atoms with van der Waals surface area (Å²) < 4.78 is 0. The first kappa shape index (κ1) is 11.0. The van der Waals surface area contributed by atoms with Gasteiger partial charge in [0, 0.05) is 12.6 Å². The molecule has 0 radical (unpaired) electrons. The Morgan fingerprint density at radius 2 is 2.07 bits per heavy atom. The number of carboxylic acid groups (broad SMARTS) is 1. The number of amides is 1. The summed E-state index contributed by atoms with van der Waals surface area (Å²) in [6.45, 7) is 2.61. The molecule has 0 bridgehead atoms. The number of hydrogen-bond acceptors (Lipinski definition) is 3. The lowest BCUT2D eigenvalue weighted by molar-refractivity contribution is -0.136. The highest BCUT2D eigenvalue weighted by Crippen LogP contribution is 2.26. The van der Waals surface area contributed by atoms with Gasteiger partial charge in [-0.2, -0.15) is 0 Å². The summed E-state index contributed by atoms with van der Waals surface area (Å²) in [6.07, 6.45) is 2.16. The van der Waals surface area contributed by atoms with Crippen molar-refractivity contribution in [3.8, 4) is 0 Å². The maximum atomic E-state index is 11.5. The predicted octanol–water partition coefficient (Wildman–Crippen LogP) is -0.328. The molecule has 1 rings (SSSR count). The van der Waals surface area contributed by atoms with E-state index >= 15 is 0 Å². The van der Waals surface area contributed by atoms with E-state index in [0.717, 1.165) is 12.8 Å². The van der Waals surface area contributed by atoms with Crippen LogP contribution in [0.25, 0.3) is 0 Å². The Kier molecular flexibility index (Phi) is 3.88. The molecule has 0 heterocycles. The zero-order chi connectivity index (χ0) is 10.6. The van der Waals surface area contributed by atoms with E-state index in [0.29, 0.717) is 12.6 Å². The van der Waals surface area contributed by atoms with E-state index in [2.05, 4.69) is 5.32 Å². The highest BCUT2D eigenvalue weighted by Gasteiger charge is 2.30. The van der Waals surface area contributed by atoms with Crippen LogP contribution in [0.15, 0.2) is 0 Å². The second-order valence-corrected chi connectivity index (χ2v) is 3.41. The molecule has 1 saturated carbocycles. The Morgan fingerprint density at radius 1 is 1.43 bits per heavy atom. The van der Waals surface area contributed by atoms with Crippen LogP contribution in [0.2, 0.25) is 0 Å². The standard InChI is InChI=1S/C9H16N2O3/c1-2-11(7-3-4-7)8(12)5-10-6-9(13)14/h7,10H,2-6H2,1H3,(H,13,14). The van der Waals surface area contributed by atoms with E-state index in [4.69, 9.17) is 5.11 Å². The third-order valence-electron chi connectivity index (χ3n) is 2.20. The summed E-state index contributed by atoms with van der Waals surface area (Å²) >= 11 is 0. The van der Waals surface area contributed by atoms with Crippen molar-refractivity contribution in [1.82, 2.24) is 10.2 Å². The molecule has 0 aromatic carbocycles. The number of aliphatic carboxylic acids is 1. The van der Waals surface area contributed by atoms with Gasteiger partial charge in [-0.25, -0.2) is 0 Å². The van der Waals surface area contributed by atoms with E-state index in [1.165, 1.54) is 0 Å². The Morgan fingerprint density at radius 3 is 2.50 bits per heavy atom. The normalized spacial score (nSPS) is 15.2. The van der Waals surface area contributed by atoms with Crippen molar-refractivity contribution < 1.29 is 14.7 Å². The number of carboxylic acids is 1. The fraction of sp³-hybridized carbons (Fsp3) is 0.778. The Hall–Kier alpha value is -1.10. The number of nitrogens with zero attached hydrogens (tertiary/aromatic N) is 1. The van der Waals surface area contributed by atoms with Gasteiger partial charge in [0.05, 0.1) is 13.1 Å². The van der Waals surface area contributed by atoms with Crippen molar-refractivity contribution >= 4 is 11.9 Å². The molecule has 0 saturated heterocycles. The van der Waals surface area contributed by atoms with Gasteiger partial charge in [0.25, 0.3) is 0 Å². The van der Waals surface area contributed by atoms with Crippen LogP contribution >= 0.6 is 0 Å². The second kappa shape index (κ2) is 4.95. The molecule has 1 fully saturated rings. The number of carbonyl (C=O) groups is 2. The van der Waals surface area contributed by atoms with E-state index < -0.39 is 5.97 Å². The molecule has 0 spiro atoms. The molecule has 0 aliphatic heterocycles. The van der Waals surface area contributed by atoms with Gasteiger partial charge in [-0.1, -0.05) is 0 Å². The lowest BCUT2D eigenvalue weighted by atomic mass is 10.4. The van der Waals surface area contributed by atoms with E-state index in [1.807, 2.05) is 6.92 Å². The predicted molar refractivity (Wildman–Crippen MR) is 50.9 cm³/mol. The third-order valence-corrected chi connectivity index (χ3v) is 2.20. The maximum absolute atomic E-state index is 11.5. The second-order valence-electron chi connectivity index (χ2n) is 3.41. The lowest BCUT2D eigenvalue weighted by Crippen LogP contribution is -2.40. The number of nitrogens with one attached hydrogen (secondary N) is 1. The van der Waals surface area contributed by atoms with Gasteiger partial charge < -0.3 is 10.0 Å². The highest BCUT2D eigenvalue weighted by atomic mass is 16.4. The summed E-state index contributed by atoms with van der Waals surface area (Å²) in [5, 5.41) is 10.9. The largest absolute Gasteiger partial charge is 0.480 e. The smallest absolute Gasteiger partial charge is 0.317 e. The van der Waals surface area contributed by atoms with Gasteiger partial charge in [0.1, 0.15) is 0 Å². The molecule has 1 aliphatic carbocycles. The molecule has 0 unspecified atom stereocenters. The van der Waals surface area contributed by atoms with Gasteiger partial charge >= 0.3 is 5.97 Å². The van der Waals surface area contributed by atoms with Crippen molar-refractivity contribution in [3.05, 3.63) is 0 Å². The summed E-state index contributed by atoms with van der Waals surface area (Å²) in [6, 6.07) is 0.402. The minimum absolute atomic E-state index is 0.00347. The van der Waals surface area contributed by atoms with Crippen LogP contribution in [-0.4, -0.2) is 47.6 Å². The fourth-order valence-electron chi connectivity index (χ4n) is 1.40. The molecule has 80 valence electrons. The minimum atomic E-state index is -0.938. The van der Waals surface area contributed by atoms with E-state index in [9.17, 15) is 9.59 Å². The summed E-state index contributed by atoms with van der Waals surface area (Å²) in [4.78, 5) is 23.5. The molecule has 0 aromatic rings. The highest BCUT2D eigenvalue weighted by molar-refractivity contribution is 5.79. The number of likely N-dealkylation sites (N-methyl/N-ethyl adjacent to an activating group) is 1. The molecule has 0 atom stereocenters. The Labute approximate surface area is 83.1 Å². The van der Waals surface area contributed by atoms with Gasteiger partial charge in [0.2, 0.25) is 5.91 Å². The lowest BCUT2D eigenvalue weighted by Gasteiger charge is -2.20. The van der Waals surface area contributed by atoms with Crippen LogP contribution in [0, 0.1) is 0 Å². The van der Waals surface area contributed by atoms with Crippen LogP contribution in [0.4, 0.5) is 0 Å². The monoisotopic (exact) mass is 200 g/mol. The molecule has 14 heavy (non-hydrogen) atoms. The quantitative estimate of drug-likeness (QED) is 0.616.